The van der Waals surface area contributed by atoms with E-state index < -0.39 is 0 Å². The van der Waals surface area contributed by atoms with Crippen molar-refractivity contribution >= 4 is 40.3 Å². The summed E-state index contributed by atoms with van der Waals surface area (Å²) in [7, 11) is 0. The number of nitrogens with one attached hydrogen (secondary N) is 1. The Morgan fingerprint density at radius 3 is 2.61 bits per heavy atom. The first-order valence-electron chi connectivity index (χ1n) is 11.5. The highest BCUT2D eigenvalue weighted by atomic mass is 32.2. The van der Waals surface area contributed by atoms with Gasteiger partial charge in [-0.05, 0) is 74.8 Å². The fourth-order valence-corrected chi connectivity index (χ4v) is 6.00. The Hall–Kier alpha value is -2.41. The summed E-state index contributed by atoms with van der Waals surface area (Å²) in [6.45, 7) is 6.25. The quantitative estimate of drug-likeness (QED) is 0.414. The predicted molar refractivity (Wildman–Crippen MR) is 139 cm³/mol. The largest absolute Gasteiger partial charge is 0.372 e. The van der Waals surface area contributed by atoms with Gasteiger partial charge in [0, 0.05) is 34.5 Å². The maximum Gasteiger partial charge on any atom is 0.123 e. The van der Waals surface area contributed by atoms with Crippen LogP contribution in [-0.2, 0) is 6.54 Å². The minimum atomic E-state index is -0.229. The van der Waals surface area contributed by atoms with E-state index in [1.807, 2.05) is 17.8 Å². The normalized spacial score (nSPS) is 16.2. The van der Waals surface area contributed by atoms with Crippen molar-refractivity contribution in [2.24, 2.45) is 0 Å². The molecule has 3 aromatic carbocycles. The minimum Gasteiger partial charge on any atom is -0.372 e. The fourth-order valence-electron chi connectivity index (χ4n) is 4.75. The summed E-state index contributed by atoms with van der Waals surface area (Å²) >= 11 is 7.54. The van der Waals surface area contributed by atoms with Crippen LogP contribution in [0.4, 0.5) is 15.8 Å². The van der Waals surface area contributed by atoms with Gasteiger partial charge >= 0.3 is 0 Å². The fraction of sp³-hybridized carbons (Fsp3) is 0.296. The molecule has 5 rings (SSSR count). The van der Waals surface area contributed by atoms with E-state index in [0.717, 1.165) is 17.7 Å². The Balaban J connectivity index is 1.41. The van der Waals surface area contributed by atoms with Gasteiger partial charge in [0.1, 0.15) is 10.8 Å². The molecule has 0 saturated carbocycles. The molecule has 1 unspecified atom stereocenters. The molecule has 2 heterocycles. The van der Waals surface area contributed by atoms with Crippen LogP contribution in [0, 0.1) is 5.82 Å². The summed E-state index contributed by atoms with van der Waals surface area (Å²) in [5, 5.41) is 3.30. The van der Waals surface area contributed by atoms with Gasteiger partial charge in [0.2, 0.25) is 0 Å². The van der Waals surface area contributed by atoms with Gasteiger partial charge in [0.25, 0.3) is 0 Å². The summed E-state index contributed by atoms with van der Waals surface area (Å²) < 4.78 is 13.5. The molecule has 0 amide bonds. The Morgan fingerprint density at radius 2 is 1.79 bits per heavy atom. The molecule has 2 aliphatic rings. The molecule has 0 aliphatic carbocycles. The van der Waals surface area contributed by atoms with Gasteiger partial charge in [0.05, 0.1) is 11.4 Å². The highest BCUT2D eigenvalue weighted by Crippen LogP contribution is 2.49. The standard InChI is InChI=1S/C27H28FN3S2/c1-19(18-30-13-4-5-14-30)31-23-9-2-3-10-25(23)33-26-12-11-21(16-24(26)31)27(32)29-17-20-7-6-8-22(28)15-20/h2-3,6-12,15-16,19H,4-5,13-14,17-18H2,1H3,(H,29,32). The van der Waals surface area contributed by atoms with Gasteiger partial charge in [-0.1, -0.05) is 54.3 Å². The molecule has 1 atom stereocenters. The monoisotopic (exact) mass is 477 g/mol. The lowest BCUT2D eigenvalue weighted by Crippen LogP contribution is -2.40. The number of benzene rings is 3. The van der Waals surface area contributed by atoms with Crippen LogP contribution in [0.1, 0.15) is 30.9 Å². The number of rotatable bonds is 6. The van der Waals surface area contributed by atoms with Crippen molar-refractivity contribution in [3.05, 3.63) is 83.7 Å². The molecule has 2 aliphatic heterocycles. The van der Waals surface area contributed by atoms with Crippen molar-refractivity contribution in [3.8, 4) is 0 Å². The number of likely N-dealkylation sites (tertiary alicyclic amines) is 1. The molecule has 0 spiro atoms. The van der Waals surface area contributed by atoms with Crippen LogP contribution in [0.25, 0.3) is 0 Å². The van der Waals surface area contributed by atoms with E-state index >= 15 is 0 Å². The predicted octanol–water partition coefficient (Wildman–Crippen LogP) is 6.38. The van der Waals surface area contributed by atoms with Gasteiger partial charge in [-0.25, -0.2) is 4.39 Å². The first-order chi connectivity index (χ1) is 16.1. The molecule has 1 fully saturated rings. The van der Waals surface area contributed by atoms with E-state index in [-0.39, 0.29) is 5.82 Å². The Kier molecular flexibility index (Phi) is 6.67. The van der Waals surface area contributed by atoms with Crippen LogP contribution in [0.5, 0.6) is 0 Å². The highest BCUT2D eigenvalue weighted by Gasteiger charge is 2.29. The van der Waals surface area contributed by atoms with Crippen molar-refractivity contribution in [1.82, 2.24) is 10.2 Å². The maximum atomic E-state index is 13.5. The van der Waals surface area contributed by atoms with E-state index in [4.69, 9.17) is 12.2 Å². The number of hydrogen-bond donors (Lipinski definition) is 1. The lowest BCUT2D eigenvalue weighted by Gasteiger charge is -2.39. The van der Waals surface area contributed by atoms with Gasteiger partial charge in [-0.2, -0.15) is 0 Å². The number of thiocarbonyl (C=S) groups is 1. The van der Waals surface area contributed by atoms with E-state index in [9.17, 15) is 4.39 Å². The van der Waals surface area contributed by atoms with E-state index in [1.54, 1.807) is 6.07 Å². The van der Waals surface area contributed by atoms with Crippen molar-refractivity contribution in [2.45, 2.75) is 42.1 Å². The molecule has 170 valence electrons. The Bertz CT molecular complexity index is 1160. The van der Waals surface area contributed by atoms with Gasteiger partial charge < -0.3 is 15.1 Å². The molecular formula is C27H28FN3S2. The van der Waals surface area contributed by atoms with Crippen molar-refractivity contribution in [3.63, 3.8) is 0 Å². The molecule has 0 bridgehead atoms. The molecular weight excluding hydrogens is 449 g/mol. The van der Waals surface area contributed by atoms with E-state index in [1.165, 1.54) is 59.2 Å². The third kappa shape index (κ3) is 4.93. The zero-order valence-electron chi connectivity index (χ0n) is 18.8. The second-order valence-electron chi connectivity index (χ2n) is 8.79. The maximum absolute atomic E-state index is 13.5. The van der Waals surface area contributed by atoms with Crippen molar-refractivity contribution in [1.29, 1.82) is 0 Å². The second-order valence-corrected chi connectivity index (χ2v) is 10.3. The number of fused-ring (bicyclic) bond motifs is 2. The molecule has 0 radical (unpaired) electrons. The molecule has 3 aromatic rings. The van der Waals surface area contributed by atoms with Crippen LogP contribution in [-0.4, -0.2) is 35.6 Å². The average molecular weight is 478 g/mol. The van der Waals surface area contributed by atoms with Gasteiger partial charge in [-0.3, -0.25) is 0 Å². The van der Waals surface area contributed by atoms with Crippen LogP contribution >= 0.6 is 24.0 Å². The SMILES string of the molecule is CC(CN1CCCC1)N1c2ccccc2Sc2ccc(C(=S)NCc3cccc(F)c3)cc21. The lowest BCUT2D eigenvalue weighted by molar-refractivity contribution is 0.319. The molecule has 0 aromatic heterocycles. The van der Waals surface area contributed by atoms with Crippen molar-refractivity contribution in [2.75, 3.05) is 24.5 Å². The topological polar surface area (TPSA) is 18.5 Å². The van der Waals surface area contributed by atoms with Crippen LogP contribution < -0.4 is 10.2 Å². The van der Waals surface area contributed by atoms with E-state index in [2.05, 4.69) is 64.5 Å². The number of nitrogens with zero attached hydrogens (tertiary/aromatic N) is 2. The first-order valence-corrected chi connectivity index (χ1v) is 12.8. The molecule has 3 nitrogen and oxygen atoms in total. The Morgan fingerprint density at radius 1 is 1.00 bits per heavy atom. The van der Waals surface area contributed by atoms with Crippen LogP contribution in [0.15, 0.2) is 76.5 Å². The summed E-state index contributed by atoms with van der Waals surface area (Å²) in [6.07, 6.45) is 2.59. The second kappa shape index (κ2) is 9.84. The smallest absolute Gasteiger partial charge is 0.123 e. The molecule has 33 heavy (non-hydrogen) atoms. The number of hydrogen-bond acceptors (Lipinski definition) is 4. The number of halogens is 1. The number of para-hydroxylation sites is 1. The summed E-state index contributed by atoms with van der Waals surface area (Å²) in [4.78, 5) is 8.27. The Labute approximate surface area is 205 Å². The van der Waals surface area contributed by atoms with E-state index in [0.29, 0.717) is 17.6 Å². The van der Waals surface area contributed by atoms with Gasteiger partial charge in [-0.15, -0.1) is 0 Å². The molecule has 1 N–H and O–H groups in total. The summed E-state index contributed by atoms with van der Waals surface area (Å²) in [5.74, 6) is -0.229. The van der Waals surface area contributed by atoms with Crippen LogP contribution in [0.3, 0.4) is 0 Å². The zero-order valence-corrected chi connectivity index (χ0v) is 20.4. The average Bonchev–Trinajstić information content (AvgIpc) is 3.33. The highest BCUT2D eigenvalue weighted by molar-refractivity contribution is 7.99. The number of anilines is 2. The minimum absolute atomic E-state index is 0.229. The third-order valence-corrected chi connectivity index (χ3v) is 7.84. The lowest BCUT2D eigenvalue weighted by atomic mass is 10.1. The van der Waals surface area contributed by atoms with Crippen molar-refractivity contribution < 1.29 is 4.39 Å². The van der Waals surface area contributed by atoms with Gasteiger partial charge in [0.15, 0.2) is 0 Å². The third-order valence-electron chi connectivity index (χ3n) is 6.33. The first kappa shape index (κ1) is 22.4. The van der Waals surface area contributed by atoms with Crippen LogP contribution in [0.2, 0.25) is 0 Å². The summed E-state index contributed by atoms with van der Waals surface area (Å²) in [6, 6.07) is 22.1. The molecule has 1 saturated heterocycles. The molecule has 6 heteroatoms. The summed E-state index contributed by atoms with van der Waals surface area (Å²) in [5.41, 5.74) is 4.33. The zero-order chi connectivity index (χ0) is 22.8.